The molecule has 0 N–H and O–H groups in total. The quantitative estimate of drug-likeness (QED) is 0.356. The first-order valence-corrected chi connectivity index (χ1v) is 10.0. The molecule has 0 aliphatic carbocycles. The van der Waals surface area contributed by atoms with Gasteiger partial charge in [0.1, 0.15) is 6.54 Å². The van der Waals surface area contributed by atoms with Crippen LogP contribution in [0, 0.1) is 0 Å². The second-order valence-corrected chi connectivity index (χ2v) is 7.61. The van der Waals surface area contributed by atoms with Crippen LogP contribution in [0.1, 0.15) is 6.92 Å². The van der Waals surface area contributed by atoms with Crippen LogP contribution in [0.25, 0.3) is 27.5 Å². The molecular weight excluding hydrogens is 402 g/mol. The number of nitrogens with zero attached hydrogens (tertiary/aromatic N) is 3. The number of ether oxygens (including phenoxy) is 1. The van der Waals surface area contributed by atoms with Crippen LogP contribution < -0.4 is 10.3 Å². The number of aromatic nitrogens is 2. The van der Waals surface area contributed by atoms with Crippen LogP contribution >= 0.6 is 11.6 Å². The zero-order valence-corrected chi connectivity index (χ0v) is 17.8. The molecule has 2 aromatic carbocycles. The van der Waals surface area contributed by atoms with Gasteiger partial charge in [-0.3, -0.25) is 9.59 Å². The molecule has 4 aromatic rings. The average Bonchev–Trinajstić information content (AvgIpc) is 3.25. The zero-order valence-electron chi connectivity index (χ0n) is 17.1. The maximum absolute atomic E-state index is 13.3. The van der Waals surface area contributed by atoms with Crippen molar-refractivity contribution >= 4 is 45.1 Å². The maximum atomic E-state index is 13.3. The Hall–Kier alpha value is -3.25. The highest BCUT2D eigenvalue weighted by Gasteiger charge is 2.20. The van der Waals surface area contributed by atoms with Crippen molar-refractivity contribution < 1.29 is 9.53 Å². The molecule has 0 bridgehead atoms. The van der Waals surface area contributed by atoms with Gasteiger partial charge in [-0.15, -0.1) is 0 Å². The van der Waals surface area contributed by atoms with E-state index < -0.39 is 0 Å². The lowest BCUT2D eigenvalue weighted by molar-refractivity contribution is -0.143. The molecule has 0 spiro atoms. The minimum atomic E-state index is -0.375. The molecule has 0 saturated heterocycles. The zero-order chi connectivity index (χ0) is 21.4. The van der Waals surface area contributed by atoms with E-state index in [0.29, 0.717) is 32.5 Å². The number of rotatable bonds is 5. The fourth-order valence-electron chi connectivity index (χ4n) is 3.81. The lowest BCUT2D eigenvalue weighted by Crippen LogP contribution is -2.21. The number of hydrogen-bond acceptors (Lipinski definition) is 4. The second kappa shape index (κ2) is 7.88. The van der Waals surface area contributed by atoms with E-state index in [1.165, 1.54) is 0 Å². The molecule has 0 radical (unpaired) electrons. The van der Waals surface area contributed by atoms with Crippen molar-refractivity contribution in [2.45, 2.75) is 13.5 Å². The van der Waals surface area contributed by atoms with Gasteiger partial charge in [-0.25, -0.2) is 0 Å². The van der Waals surface area contributed by atoms with Crippen molar-refractivity contribution in [2.75, 3.05) is 25.6 Å². The van der Waals surface area contributed by atoms with Crippen LogP contribution in [0.2, 0.25) is 5.02 Å². The number of halogens is 1. The summed E-state index contributed by atoms with van der Waals surface area (Å²) in [5.74, 6) is -0.375. The van der Waals surface area contributed by atoms with E-state index >= 15 is 0 Å². The first-order valence-electron chi connectivity index (χ1n) is 9.67. The number of benzene rings is 2. The van der Waals surface area contributed by atoms with Crippen molar-refractivity contribution in [1.82, 2.24) is 9.13 Å². The lowest BCUT2D eigenvalue weighted by atomic mass is 10.1. The van der Waals surface area contributed by atoms with Gasteiger partial charge in [0.05, 0.1) is 28.4 Å². The first kappa shape index (κ1) is 20.0. The SMILES string of the molecule is CCOC(=O)Cn1c2cc(-n3cccc3)ccc2c(=O)c2ccc(Cl)c(N(C)C)c21. The van der Waals surface area contributed by atoms with E-state index in [2.05, 4.69) is 0 Å². The maximum Gasteiger partial charge on any atom is 0.325 e. The van der Waals surface area contributed by atoms with Gasteiger partial charge in [0.15, 0.2) is 5.43 Å². The van der Waals surface area contributed by atoms with Gasteiger partial charge in [0.2, 0.25) is 0 Å². The van der Waals surface area contributed by atoms with Crippen LogP contribution in [-0.4, -0.2) is 35.8 Å². The van der Waals surface area contributed by atoms with Crippen LogP contribution in [0.4, 0.5) is 5.69 Å². The monoisotopic (exact) mass is 423 g/mol. The Morgan fingerprint density at radius 2 is 1.80 bits per heavy atom. The fraction of sp³-hybridized carbons (Fsp3) is 0.217. The molecular formula is C23H22ClN3O3. The Morgan fingerprint density at radius 3 is 2.47 bits per heavy atom. The standard InChI is InChI=1S/C23H22ClN3O3/c1-4-30-20(28)14-27-19-13-15(26-11-5-6-12-26)7-8-16(19)23(29)17-9-10-18(24)22(21(17)27)25(2)3/h5-13H,4,14H2,1-3H3. The summed E-state index contributed by atoms with van der Waals surface area (Å²) in [6, 6.07) is 12.9. The molecule has 0 amide bonds. The summed E-state index contributed by atoms with van der Waals surface area (Å²) in [5, 5.41) is 1.55. The number of esters is 1. The van der Waals surface area contributed by atoms with Crippen molar-refractivity contribution in [2.24, 2.45) is 0 Å². The number of carbonyl (C=O) groups excluding carboxylic acids is 1. The van der Waals surface area contributed by atoms with E-state index in [4.69, 9.17) is 16.3 Å². The molecule has 0 aliphatic rings. The molecule has 154 valence electrons. The summed E-state index contributed by atoms with van der Waals surface area (Å²) in [5.41, 5.74) is 2.74. The normalized spacial score (nSPS) is 11.2. The van der Waals surface area contributed by atoms with Crippen molar-refractivity contribution in [3.8, 4) is 5.69 Å². The highest BCUT2D eigenvalue weighted by Crippen LogP contribution is 2.34. The fourth-order valence-corrected chi connectivity index (χ4v) is 4.13. The Morgan fingerprint density at radius 1 is 1.10 bits per heavy atom. The van der Waals surface area contributed by atoms with Gasteiger partial charge in [-0.05, 0) is 49.4 Å². The molecule has 0 aliphatic heterocycles. The second-order valence-electron chi connectivity index (χ2n) is 7.20. The van der Waals surface area contributed by atoms with Gasteiger partial charge >= 0.3 is 5.97 Å². The minimum Gasteiger partial charge on any atom is -0.465 e. The van der Waals surface area contributed by atoms with E-state index in [9.17, 15) is 9.59 Å². The Balaban J connectivity index is 2.15. The topological polar surface area (TPSA) is 56.5 Å². The van der Waals surface area contributed by atoms with Crippen LogP contribution in [0.15, 0.2) is 59.7 Å². The van der Waals surface area contributed by atoms with E-state index in [1.54, 1.807) is 25.1 Å². The first-order chi connectivity index (χ1) is 14.4. The van der Waals surface area contributed by atoms with E-state index in [1.807, 2.05) is 64.8 Å². The summed E-state index contributed by atoms with van der Waals surface area (Å²) in [6.45, 7) is 2.02. The molecule has 30 heavy (non-hydrogen) atoms. The minimum absolute atomic E-state index is 0.0303. The third-order valence-corrected chi connectivity index (χ3v) is 5.38. The average molecular weight is 424 g/mol. The number of carbonyl (C=O) groups is 1. The van der Waals surface area contributed by atoms with Gasteiger partial charge < -0.3 is 18.8 Å². The predicted molar refractivity (Wildman–Crippen MR) is 121 cm³/mol. The van der Waals surface area contributed by atoms with Crippen LogP contribution in [0.5, 0.6) is 0 Å². The number of pyridine rings is 1. The Labute approximate surface area is 178 Å². The number of hydrogen-bond donors (Lipinski definition) is 0. The highest BCUT2D eigenvalue weighted by atomic mass is 35.5. The number of fused-ring (bicyclic) bond motifs is 2. The Kier molecular flexibility index (Phi) is 5.26. The molecule has 4 rings (SSSR count). The predicted octanol–water partition coefficient (Wildman–Crippen LogP) is 4.23. The molecule has 0 fully saturated rings. The van der Waals surface area contributed by atoms with E-state index in [-0.39, 0.29) is 24.5 Å². The van der Waals surface area contributed by atoms with Crippen molar-refractivity contribution in [3.63, 3.8) is 0 Å². The smallest absolute Gasteiger partial charge is 0.325 e. The summed E-state index contributed by atoms with van der Waals surface area (Å²) >= 11 is 6.51. The largest absolute Gasteiger partial charge is 0.465 e. The summed E-state index contributed by atoms with van der Waals surface area (Å²) in [7, 11) is 3.72. The number of anilines is 1. The summed E-state index contributed by atoms with van der Waals surface area (Å²) < 4.78 is 9.00. The summed E-state index contributed by atoms with van der Waals surface area (Å²) in [6.07, 6.45) is 3.86. The molecule has 2 heterocycles. The van der Waals surface area contributed by atoms with Crippen LogP contribution in [0.3, 0.4) is 0 Å². The molecule has 0 saturated carbocycles. The van der Waals surface area contributed by atoms with Crippen molar-refractivity contribution in [1.29, 1.82) is 0 Å². The molecule has 7 heteroatoms. The molecule has 6 nitrogen and oxygen atoms in total. The van der Waals surface area contributed by atoms with Crippen molar-refractivity contribution in [3.05, 3.63) is 70.1 Å². The van der Waals surface area contributed by atoms with Crippen LogP contribution in [-0.2, 0) is 16.1 Å². The van der Waals surface area contributed by atoms with Gasteiger partial charge in [0, 0.05) is 42.9 Å². The third kappa shape index (κ3) is 3.33. The highest BCUT2D eigenvalue weighted by molar-refractivity contribution is 6.35. The molecule has 0 unspecified atom stereocenters. The van der Waals surface area contributed by atoms with Gasteiger partial charge in [-0.2, -0.15) is 0 Å². The van der Waals surface area contributed by atoms with Gasteiger partial charge in [0.25, 0.3) is 0 Å². The Bertz CT molecular complexity index is 1310. The molecule has 0 atom stereocenters. The molecule has 2 aromatic heterocycles. The van der Waals surface area contributed by atoms with E-state index in [0.717, 1.165) is 5.69 Å². The lowest BCUT2D eigenvalue weighted by Gasteiger charge is -2.22. The summed E-state index contributed by atoms with van der Waals surface area (Å²) in [4.78, 5) is 27.7. The third-order valence-electron chi connectivity index (χ3n) is 5.08. The van der Waals surface area contributed by atoms with Gasteiger partial charge in [-0.1, -0.05) is 11.6 Å².